The lowest BCUT2D eigenvalue weighted by atomic mass is 10.4. The molecule has 1 fully saturated rings. The first-order valence-corrected chi connectivity index (χ1v) is 5.54. The predicted octanol–water partition coefficient (Wildman–Crippen LogP) is 0.383. The van der Waals surface area contributed by atoms with E-state index in [9.17, 15) is 4.79 Å². The van der Waals surface area contributed by atoms with Crippen LogP contribution in [0.4, 0.5) is 5.82 Å². The summed E-state index contributed by atoms with van der Waals surface area (Å²) in [6.45, 7) is 1.81. The third-order valence-electron chi connectivity index (χ3n) is 2.67. The number of aromatic nitrogens is 2. The molecule has 1 aromatic rings. The molecule has 1 aliphatic heterocycles. The molecule has 0 spiro atoms. The third kappa shape index (κ3) is 2.69. The van der Waals surface area contributed by atoms with Gasteiger partial charge >= 0.3 is 0 Å². The van der Waals surface area contributed by atoms with Gasteiger partial charge in [0.05, 0.1) is 6.54 Å². The van der Waals surface area contributed by atoms with Gasteiger partial charge in [-0.2, -0.15) is 5.26 Å². The first kappa shape index (κ1) is 11.3. The van der Waals surface area contributed by atoms with Crippen molar-refractivity contribution in [1.82, 2.24) is 14.9 Å². The van der Waals surface area contributed by atoms with E-state index in [-0.39, 0.29) is 18.1 Å². The molecule has 0 unspecified atom stereocenters. The molecular formula is C11H13N5O. The summed E-state index contributed by atoms with van der Waals surface area (Å²) < 4.78 is 0. The Kier molecular flexibility index (Phi) is 3.50. The van der Waals surface area contributed by atoms with Crippen molar-refractivity contribution < 1.29 is 4.79 Å². The Morgan fingerprint density at radius 1 is 1.41 bits per heavy atom. The number of likely N-dealkylation sites (tertiary alicyclic amines) is 1. The third-order valence-corrected chi connectivity index (χ3v) is 2.67. The predicted molar refractivity (Wildman–Crippen MR) is 61.1 cm³/mol. The Morgan fingerprint density at radius 3 is 2.82 bits per heavy atom. The van der Waals surface area contributed by atoms with Gasteiger partial charge in [0.25, 0.3) is 0 Å². The molecule has 0 aliphatic carbocycles. The van der Waals surface area contributed by atoms with Gasteiger partial charge in [0.2, 0.25) is 5.91 Å². The lowest BCUT2D eigenvalue weighted by Gasteiger charge is -2.15. The van der Waals surface area contributed by atoms with Crippen LogP contribution in [0.5, 0.6) is 0 Å². The molecule has 17 heavy (non-hydrogen) atoms. The van der Waals surface area contributed by atoms with Crippen molar-refractivity contribution in [3.63, 3.8) is 0 Å². The number of hydrogen-bond donors (Lipinski definition) is 1. The molecule has 1 aliphatic rings. The van der Waals surface area contributed by atoms with Crippen molar-refractivity contribution in [2.24, 2.45) is 0 Å². The summed E-state index contributed by atoms with van der Waals surface area (Å²) in [4.78, 5) is 21.4. The maximum atomic E-state index is 11.8. The monoisotopic (exact) mass is 231 g/mol. The zero-order valence-electron chi connectivity index (χ0n) is 9.39. The number of rotatable bonds is 3. The molecule has 1 saturated heterocycles. The van der Waals surface area contributed by atoms with Gasteiger partial charge in [-0.1, -0.05) is 0 Å². The molecule has 1 N–H and O–H groups in total. The average Bonchev–Trinajstić information content (AvgIpc) is 2.90. The topological polar surface area (TPSA) is 81.9 Å². The zero-order valence-corrected chi connectivity index (χ0v) is 9.39. The first-order valence-electron chi connectivity index (χ1n) is 5.54. The number of nitriles is 1. The van der Waals surface area contributed by atoms with Gasteiger partial charge in [0.1, 0.15) is 6.07 Å². The Morgan fingerprint density at radius 2 is 2.12 bits per heavy atom. The van der Waals surface area contributed by atoms with Crippen molar-refractivity contribution >= 4 is 11.7 Å². The van der Waals surface area contributed by atoms with E-state index in [0.29, 0.717) is 5.82 Å². The summed E-state index contributed by atoms with van der Waals surface area (Å²) in [5, 5.41) is 11.7. The highest BCUT2D eigenvalue weighted by Gasteiger charge is 2.17. The summed E-state index contributed by atoms with van der Waals surface area (Å²) in [5.41, 5.74) is 0.210. The largest absolute Gasteiger partial charge is 0.359 e. The quantitative estimate of drug-likeness (QED) is 0.813. The fourth-order valence-corrected chi connectivity index (χ4v) is 1.79. The van der Waals surface area contributed by atoms with E-state index >= 15 is 0 Å². The van der Waals surface area contributed by atoms with Crippen LogP contribution >= 0.6 is 0 Å². The van der Waals surface area contributed by atoms with Crippen LogP contribution in [0.3, 0.4) is 0 Å². The SMILES string of the molecule is N#Cc1nccnc1NCC(=O)N1CCCC1. The van der Waals surface area contributed by atoms with E-state index < -0.39 is 0 Å². The fourth-order valence-electron chi connectivity index (χ4n) is 1.79. The first-order chi connectivity index (χ1) is 8.31. The van der Waals surface area contributed by atoms with Gasteiger partial charge in [-0.05, 0) is 12.8 Å². The molecule has 0 saturated carbocycles. The molecule has 1 amide bonds. The van der Waals surface area contributed by atoms with Crippen LogP contribution in [0.1, 0.15) is 18.5 Å². The van der Waals surface area contributed by atoms with Crippen molar-refractivity contribution in [2.45, 2.75) is 12.8 Å². The second-order valence-corrected chi connectivity index (χ2v) is 3.81. The average molecular weight is 231 g/mol. The minimum absolute atomic E-state index is 0.0389. The van der Waals surface area contributed by atoms with Gasteiger partial charge < -0.3 is 10.2 Å². The second kappa shape index (κ2) is 5.25. The van der Waals surface area contributed by atoms with Crippen molar-refractivity contribution in [3.05, 3.63) is 18.1 Å². The van der Waals surface area contributed by atoms with Crippen LogP contribution in [-0.2, 0) is 4.79 Å². The summed E-state index contributed by atoms with van der Waals surface area (Å²) in [6.07, 6.45) is 5.08. The minimum Gasteiger partial charge on any atom is -0.359 e. The Balaban J connectivity index is 1.93. The molecular weight excluding hydrogens is 218 g/mol. The van der Waals surface area contributed by atoms with Crippen molar-refractivity contribution in [3.8, 4) is 6.07 Å². The Labute approximate surface area is 99.3 Å². The van der Waals surface area contributed by atoms with Gasteiger partial charge in [-0.25, -0.2) is 9.97 Å². The van der Waals surface area contributed by atoms with E-state index in [1.165, 1.54) is 12.4 Å². The molecule has 6 nitrogen and oxygen atoms in total. The van der Waals surface area contributed by atoms with E-state index in [0.717, 1.165) is 25.9 Å². The smallest absolute Gasteiger partial charge is 0.241 e. The standard InChI is InChI=1S/C11H13N5O/c12-7-9-11(14-4-3-13-9)15-8-10(17)16-5-1-2-6-16/h3-4H,1-2,5-6,8H2,(H,14,15). The van der Waals surface area contributed by atoms with Gasteiger partial charge in [0.15, 0.2) is 11.5 Å². The second-order valence-electron chi connectivity index (χ2n) is 3.81. The summed E-state index contributed by atoms with van der Waals surface area (Å²) in [5.74, 6) is 0.402. The highest BCUT2D eigenvalue weighted by Crippen LogP contribution is 2.09. The zero-order chi connectivity index (χ0) is 12.1. The molecule has 1 aromatic heterocycles. The maximum absolute atomic E-state index is 11.8. The van der Waals surface area contributed by atoms with E-state index in [1.807, 2.05) is 11.0 Å². The number of carbonyl (C=O) groups excluding carboxylic acids is 1. The van der Waals surface area contributed by atoms with E-state index in [4.69, 9.17) is 5.26 Å². The molecule has 0 bridgehead atoms. The number of nitrogens with zero attached hydrogens (tertiary/aromatic N) is 4. The molecule has 0 atom stereocenters. The van der Waals surface area contributed by atoms with Crippen LogP contribution in [0.2, 0.25) is 0 Å². The van der Waals surface area contributed by atoms with Crippen LogP contribution in [0, 0.1) is 11.3 Å². The van der Waals surface area contributed by atoms with Gasteiger partial charge in [-0.3, -0.25) is 4.79 Å². The highest BCUT2D eigenvalue weighted by atomic mass is 16.2. The number of anilines is 1. The van der Waals surface area contributed by atoms with E-state index in [2.05, 4.69) is 15.3 Å². The summed E-state index contributed by atoms with van der Waals surface area (Å²) in [7, 11) is 0. The Bertz CT molecular complexity index is 447. The minimum atomic E-state index is 0.0389. The fraction of sp³-hybridized carbons (Fsp3) is 0.455. The van der Waals surface area contributed by atoms with Crippen LogP contribution < -0.4 is 5.32 Å². The van der Waals surface area contributed by atoms with Crippen molar-refractivity contribution in [1.29, 1.82) is 5.26 Å². The number of carbonyl (C=O) groups is 1. The number of hydrogen-bond acceptors (Lipinski definition) is 5. The van der Waals surface area contributed by atoms with Crippen LogP contribution in [0.15, 0.2) is 12.4 Å². The Hall–Kier alpha value is -2.16. The van der Waals surface area contributed by atoms with Crippen LogP contribution in [0.25, 0.3) is 0 Å². The lowest BCUT2D eigenvalue weighted by Crippen LogP contribution is -2.33. The maximum Gasteiger partial charge on any atom is 0.241 e. The summed E-state index contributed by atoms with van der Waals surface area (Å²) >= 11 is 0. The van der Waals surface area contributed by atoms with Crippen molar-refractivity contribution in [2.75, 3.05) is 25.0 Å². The highest BCUT2D eigenvalue weighted by molar-refractivity contribution is 5.81. The van der Waals surface area contributed by atoms with Gasteiger partial charge in [-0.15, -0.1) is 0 Å². The van der Waals surface area contributed by atoms with E-state index in [1.54, 1.807) is 0 Å². The molecule has 2 heterocycles. The molecule has 6 heteroatoms. The molecule has 88 valence electrons. The van der Waals surface area contributed by atoms with Crippen LogP contribution in [-0.4, -0.2) is 40.4 Å². The number of nitrogens with one attached hydrogen (secondary N) is 1. The lowest BCUT2D eigenvalue weighted by molar-refractivity contribution is -0.128. The summed E-state index contributed by atoms with van der Waals surface area (Å²) in [6, 6.07) is 1.93. The molecule has 0 aromatic carbocycles. The van der Waals surface area contributed by atoms with Gasteiger partial charge in [0, 0.05) is 25.5 Å². The normalized spacial score (nSPS) is 14.4. The molecule has 0 radical (unpaired) electrons. The number of amides is 1. The molecule has 2 rings (SSSR count).